The molecule has 36 heavy (non-hydrogen) atoms. The van der Waals surface area contributed by atoms with Crippen LogP contribution in [0.25, 0.3) is 6.08 Å². The largest absolute Gasteiger partial charge is 0.489 e. The van der Waals surface area contributed by atoms with E-state index in [1.807, 2.05) is 6.07 Å². The van der Waals surface area contributed by atoms with Gasteiger partial charge in [-0.3, -0.25) is 4.79 Å². The molecule has 182 valence electrons. The van der Waals surface area contributed by atoms with Crippen LogP contribution in [0, 0.1) is 29.6 Å². The van der Waals surface area contributed by atoms with Crippen LogP contribution in [0.1, 0.15) is 43.7 Å². The Bertz CT molecular complexity index is 1430. The van der Waals surface area contributed by atoms with Crippen molar-refractivity contribution in [2.24, 2.45) is 0 Å². The molecule has 3 rings (SSSR count). The minimum Gasteiger partial charge on any atom is -0.489 e. The molecule has 2 aromatic carbocycles. The van der Waals surface area contributed by atoms with Crippen molar-refractivity contribution in [1.82, 2.24) is 0 Å². The summed E-state index contributed by atoms with van der Waals surface area (Å²) in [6.07, 6.45) is 1.28. The van der Waals surface area contributed by atoms with Crippen LogP contribution in [0.3, 0.4) is 0 Å². The molecule has 0 N–H and O–H groups in total. The summed E-state index contributed by atoms with van der Waals surface area (Å²) in [5.41, 5.74) is 1.99. The zero-order valence-electron chi connectivity index (χ0n) is 19.4. The maximum absolute atomic E-state index is 12.9. The number of carbonyl (C=O) groups is 2. The summed E-state index contributed by atoms with van der Waals surface area (Å²) >= 11 is 13.2. The average Bonchev–Trinajstić information content (AvgIpc) is 3.17. The molecular weight excluding hydrogens is 519 g/mol. The molecule has 0 unspecified atom stereocenters. The monoisotopic (exact) mass is 538 g/mol. The summed E-state index contributed by atoms with van der Waals surface area (Å²) in [7, 11) is 0. The van der Waals surface area contributed by atoms with Crippen LogP contribution in [-0.2, 0) is 22.6 Å². The summed E-state index contributed by atoms with van der Waals surface area (Å²) in [5, 5.41) is 20.2. The van der Waals surface area contributed by atoms with Gasteiger partial charge in [-0.05, 0) is 55.3 Å². The second-order valence-corrected chi connectivity index (χ2v) is 9.50. The molecule has 0 spiro atoms. The van der Waals surface area contributed by atoms with E-state index in [4.69, 9.17) is 32.7 Å². The molecule has 1 heterocycles. The van der Waals surface area contributed by atoms with Crippen LogP contribution < -0.4 is 4.74 Å². The Labute approximate surface area is 222 Å². The van der Waals surface area contributed by atoms with Crippen LogP contribution in [0.2, 0.25) is 10.0 Å². The lowest BCUT2D eigenvalue weighted by Crippen LogP contribution is -2.05. The van der Waals surface area contributed by atoms with Crippen molar-refractivity contribution < 1.29 is 19.1 Å². The third-order valence-corrected chi connectivity index (χ3v) is 6.97. The molecule has 0 saturated carbocycles. The highest BCUT2D eigenvalue weighted by atomic mass is 35.5. The summed E-state index contributed by atoms with van der Waals surface area (Å²) in [5.74, 6) is -0.480. The molecule has 1 aromatic heterocycles. The first-order chi connectivity index (χ1) is 17.3. The van der Waals surface area contributed by atoms with Crippen LogP contribution in [0.5, 0.6) is 5.75 Å². The van der Waals surface area contributed by atoms with Crippen molar-refractivity contribution in [1.29, 1.82) is 10.5 Å². The Balaban J connectivity index is 1.78. The van der Waals surface area contributed by atoms with Gasteiger partial charge in [0, 0.05) is 26.9 Å². The predicted octanol–water partition coefficient (Wildman–Crippen LogP) is 6.71. The first kappa shape index (κ1) is 27.0. The highest BCUT2D eigenvalue weighted by Crippen LogP contribution is 2.30. The lowest BCUT2D eigenvalue weighted by atomic mass is 10.0. The molecule has 0 fully saturated rings. The molecule has 9 heteroatoms. The Morgan fingerprint density at radius 1 is 1.14 bits per heavy atom. The predicted molar refractivity (Wildman–Crippen MR) is 139 cm³/mol. The lowest BCUT2D eigenvalue weighted by molar-refractivity contribution is -0.114. The van der Waals surface area contributed by atoms with Gasteiger partial charge in [-0.15, -0.1) is 11.3 Å². The van der Waals surface area contributed by atoms with E-state index >= 15 is 0 Å². The second-order valence-electron chi connectivity index (χ2n) is 7.55. The number of allylic oxidation sites excluding steroid dienone is 1. The van der Waals surface area contributed by atoms with Crippen molar-refractivity contribution in [2.45, 2.75) is 26.9 Å². The number of carbonyl (C=O) groups excluding carboxylic acids is 2. The average molecular weight is 539 g/mol. The zero-order valence-corrected chi connectivity index (χ0v) is 21.8. The normalized spacial score (nSPS) is 10.9. The van der Waals surface area contributed by atoms with Gasteiger partial charge in [0.25, 0.3) is 0 Å². The van der Waals surface area contributed by atoms with Crippen molar-refractivity contribution in [3.63, 3.8) is 0 Å². The van der Waals surface area contributed by atoms with Crippen molar-refractivity contribution in [3.8, 4) is 17.9 Å². The topological polar surface area (TPSA) is 100 Å². The number of hydrogen-bond donors (Lipinski definition) is 0. The fourth-order valence-corrected chi connectivity index (χ4v) is 4.92. The van der Waals surface area contributed by atoms with E-state index < -0.39 is 11.8 Å². The van der Waals surface area contributed by atoms with Gasteiger partial charge >= 0.3 is 5.97 Å². The fourth-order valence-electron chi connectivity index (χ4n) is 3.31. The number of rotatable bonds is 9. The van der Waals surface area contributed by atoms with Gasteiger partial charge in [-0.1, -0.05) is 41.4 Å². The van der Waals surface area contributed by atoms with Crippen LogP contribution in [0.15, 0.2) is 48.0 Å². The van der Waals surface area contributed by atoms with Gasteiger partial charge < -0.3 is 9.47 Å². The number of esters is 1. The van der Waals surface area contributed by atoms with Crippen LogP contribution in [0.4, 0.5) is 0 Å². The van der Waals surface area contributed by atoms with Gasteiger partial charge in [0.1, 0.15) is 29.4 Å². The Kier molecular flexibility index (Phi) is 9.27. The van der Waals surface area contributed by atoms with E-state index in [9.17, 15) is 20.1 Å². The summed E-state index contributed by atoms with van der Waals surface area (Å²) in [6.45, 7) is 3.74. The molecule has 3 aromatic rings. The van der Waals surface area contributed by atoms with E-state index in [0.29, 0.717) is 31.8 Å². The number of ketones is 1. The molecule has 0 bridgehead atoms. The van der Waals surface area contributed by atoms with Crippen molar-refractivity contribution in [3.05, 3.63) is 90.1 Å². The van der Waals surface area contributed by atoms with E-state index in [-0.39, 0.29) is 35.6 Å². The minimum atomic E-state index is -0.539. The Hall–Kier alpha value is -3.62. The maximum atomic E-state index is 12.9. The second kappa shape index (κ2) is 12.4. The Morgan fingerprint density at radius 3 is 2.58 bits per heavy atom. The molecule has 0 aliphatic rings. The third kappa shape index (κ3) is 6.53. The van der Waals surface area contributed by atoms with E-state index in [0.717, 1.165) is 16.9 Å². The van der Waals surface area contributed by atoms with E-state index in [1.54, 1.807) is 56.3 Å². The van der Waals surface area contributed by atoms with E-state index in [1.165, 1.54) is 6.08 Å². The SMILES string of the molecule is CCOC(=O)c1sc(CC(=O)C(C#N)=Cc2cccc(OCc3ccc(Cl)cc3Cl)c2)c(C#N)c1C. The maximum Gasteiger partial charge on any atom is 0.348 e. The van der Waals surface area contributed by atoms with E-state index in [2.05, 4.69) is 6.07 Å². The molecular formula is C27H20Cl2N2O4S. The minimum absolute atomic E-state index is 0.0828. The number of thiophene rings is 1. The van der Waals surface area contributed by atoms with Gasteiger partial charge in [0.2, 0.25) is 0 Å². The lowest BCUT2D eigenvalue weighted by Gasteiger charge is -2.09. The molecule has 0 saturated heterocycles. The van der Waals surface area contributed by atoms with Crippen LogP contribution >= 0.6 is 34.5 Å². The number of benzene rings is 2. The van der Waals surface area contributed by atoms with Crippen LogP contribution in [-0.4, -0.2) is 18.4 Å². The highest BCUT2D eigenvalue weighted by molar-refractivity contribution is 7.14. The molecule has 0 atom stereocenters. The van der Waals surface area contributed by atoms with Gasteiger partial charge in [-0.25, -0.2) is 4.79 Å². The number of nitriles is 2. The zero-order chi connectivity index (χ0) is 26.2. The smallest absolute Gasteiger partial charge is 0.348 e. The molecule has 0 aliphatic heterocycles. The Morgan fingerprint density at radius 2 is 1.92 bits per heavy atom. The molecule has 0 aliphatic carbocycles. The number of halogens is 2. The molecule has 6 nitrogen and oxygen atoms in total. The first-order valence-corrected chi connectivity index (χ1v) is 12.4. The van der Waals surface area contributed by atoms with Gasteiger partial charge in [-0.2, -0.15) is 10.5 Å². The van der Waals surface area contributed by atoms with Gasteiger partial charge in [0.15, 0.2) is 5.78 Å². The fraction of sp³-hybridized carbons (Fsp3) is 0.185. The van der Waals surface area contributed by atoms with Crippen molar-refractivity contribution >= 4 is 52.4 Å². The van der Waals surface area contributed by atoms with Crippen molar-refractivity contribution in [2.75, 3.05) is 6.61 Å². The number of nitrogens with zero attached hydrogens (tertiary/aromatic N) is 2. The summed E-state index contributed by atoms with van der Waals surface area (Å²) < 4.78 is 10.8. The first-order valence-electron chi connectivity index (χ1n) is 10.8. The number of ether oxygens (including phenoxy) is 2. The third-order valence-electron chi connectivity index (χ3n) is 5.11. The number of hydrogen-bond acceptors (Lipinski definition) is 7. The number of Topliss-reactive ketones (excluding diaryl/α,β-unsaturated/α-hetero) is 1. The quantitative estimate of drug-likeness (QED) is 0.170. The summed E-state index contributed by atoms with van der Waals surface area (Å²) in [4.78, 5) is 25.8. The molecule has 0 amide bonds. The standard InChI is InChI=1S/C27H20Cl2N2O4S/c1-3-34-27(33)26-16(2)22(14-31)25(36-26)12-24(32)19(13-30)9-17-5-4-6-21(10-17)35-15-18-7-8-20(28)11-23(18)29/h4-11H,3,12,15H2,1-2H3. The summed E-state index contributed by atoms with van der Waals surface area (Å²) in [6, 6.07) is 16.0. The molecule has 0 radical (unpaired) electrons. The highest BCUT2D eigenvalue weighted by Gasteiger charge is 2.23. The van der Waals surface area contributed by atoms with Gasteiger partial charge in [0.05, 0.1) is 17.7 Å².